The van der Waals surface area contributed by atoms with Gasteiger partial charge in [0.15, 0.2) is 5.78 Å². The highest BCUT2D eigenvalue weighted by molar-refractivity contribution is 6.34. The molecule has 98 valence electrons. The van der Waals surface area contributed by atoms with Crippen molar-refractivity contribution in [1.82, 2.24) is 9.80 Å². The summed E-state index contributed by atoms with van der Waals surface area (Å²) in [5.41, 5.74) is 0.274. The zero-order valence-electron chi connectivity index (χ0n) is 10.3. The van der Waals surface area contributed by atoms with E-state index < -0.39 is 5.82 Å². The average Bonchev–Trinajstić information content (AvgIpc) is 2.35. The standard InChI is InChI=1S/C13H16ClFN2O/c1-16-4-6-17(7-5-16)9-13(18)11-8-10(15)2-3-12(11)14/h2-3,8H,4-7,9H2,1H3. The Morgan fingerprint density at radius 2 is 2.00 bits per heavy atom. The topological polar surface area (TPSA) is 23.6 Å². The molecule has 1 aliphatic rings. The molecule has 0 amide bonds. The van der Waals surface area contributed by atoms with Crippen LogP contribution in [0.5, 0.6) is 0 Å². The van der Waals surface area contributed by atoms with Gasteiger partial charge in [-0.2, -0.15) is 0 Å². The van der Waals surface area contributed by atoms with Crippen molar-refractivity contribution in [3.8, 4) is 0 Å². The third-order valence-corrected chi connectivity index (χ3v) is 3.52. The Balaban J connectivity index is 2.01. The number of benzene rings is 1. The summed E-state index contributed by atoms with van der Waals surface area (Å²) in [5.74, 6) is -0.551. The molecule has 0 unspecified atom stereocenters. The molecule has 5 heteroatoms. The summed E-state index contributed by atoms with van der Waals surface area (Å²) in [6.07, 6.45) is 0. The second-order valence-corrected chi connectivity index (χ2v) is 5.03. The van der Waals surface area contributed by atoms with E-state index in [4.69, 9.17) is 11.6 Å². The van der Waals surface area contributed by atoms with Crippen molar-refractivity contribution in [2.75, 3.05) is 39.8 Å². The van der Waals surface area contributed by atoms with Gasteiger partial charge < -0.3 is 4.90 Å². The van der Waals surface area contributed by atoms with Crippen LogP contribution in [-0.4, -0.2) is 55.4 Å². The lowest BCUT2D eigenvalue weighted by molar-refractivity contribution is 0.0876. The molecule has 0 atom stereocenters. The van der Waals surface area contributed by atoms with Crippen LogP contribution in [0.3, 0.4) is 0 Å². The van der Waals surface area contributed by atoms with Gasteiger partial charge in [-0.1, -0.05) is 11.6 Å². The van der Waals surface area contributed by atoms with E-state index >= 15 is 0 Å². The number of halogens is 2. The second kappa shape index (κ2) is 5.78. The Labute approximate surface area is 111 Å². The molecule has 0 aliphatic carbocycles. The maximum atomic E-state index is 13.1. The number of hydrogen-bond acceptors (Lipinski definition) is 3. The normalized spacial score (nSPS) is 17.9. The summed E-state index contributed by atoms with van der Waals surface area (Å²) in [5, 5.41) is 0.315. The van der Waals surface area contributed by atoms with Gasteiger partial charge in [0.25, 0.3) is 0 Å². The Kier molecular flexibility index (Phi) is 4.32. The van der Waals surface area contributed by atoms with Gasteiger partial charge in [-0.3, -0.25) is 9.69 Å². The molecule has 0 aromatic heterocycles. The molecule has 0 spiro atoms. The zero-order valence-corrected chi connectivity index (χ0v) is 11.1. The van der Waals surface area contributed by atoms with Gasteiger partial charge in [-0.15, -0.1) is 0 Å². The molecule has 2 rings (SSSR count). The molecule has 1 saturated heterocycles. The first-order valence-corrected chi connectivity index (χ1v) is 6.33. The van der Waals surface area contributed by atoms with Crippen molar-refractivity contribution < 1.29 is 9.18 Å². The van der Waals surface area contributed by atoms with Crippen molar-refractivity contribution >= 4 is 17.4 Å². The van der Waals surface area contributed by atoms with Crippen LogP contribution in [0.4, 0.5) is 4.39 Å². The van der Waals surface area contributed by atoms with Crippen LogP contribution in [0.1, 0.15) is 10.4 Å². The Hall–Kier alpha value is -0.970. The molecule has 1 aliphatic heterocycles. The number of carbonyl (C=O) groups is 1. The van der Waals surface area contributed by atoms with E-state index in [2.05, 4.69) is 16.8 Å². The molecule has 0 saturated carbocycles. The highest BCUT2D eigenvalue weighted by atomic mass is 35.5. The van der Waals surface area contributed by atoms with E-state index in [0.717, 1.165) is 26.2 Å². The molecule has 0 radical (unpaired) electrons. The molecule has 0 N–H and O–H groups in total. The molecular weight excluding hydrogens is 255 g/mol. The summed E-state index contributed by atoms with van der Waals surface area (Å²) in [6.45, 7) is 3.91. The molecule has 3 nitrogen and oxygen atoms in total. The lowest BCUT2D eigenvalue weighted by Gasteiger charge is -2.31. The highest BCUT2D eigenvalue weighted by Crippen LogP contribution is 2.18. The van der Waals surface area contributed by atoms with Crippen LogP contribution in [-0.2, 0) is 0 Å². The summed E-state index contributed by atoms with van der Waals surface area (Å²) in [4.78, 5) is 16.4. The number of piperazine rings is 1. The molecule has 0 bridgehead atoms. The first kappa shape index (κ1) is 13.5. The van der Waals surface area contributed by atoms with Gasteiger partial charge in [-0.05, 0) is 25.2 Å². The number of hydrogen-bond donors (Lipinski definition) is 0. The van der Waals surface area contributed by atoms with Crippen LogP contribution in [0.15, 0.2) is 18.2 Å². The number of ketones is 1. The third kappa shape index (κ3) is 3.28. The first-order valence-electron chi connectivity index (χ1n) is 5.95. The first-order chi connectivity index (χ1) is 8.56. The van der Waals surface area contributed by atoms with Crippen molar-refractivity contribution in [2.24, 2.45) is 0 Å². The molecule has 1 heterocycles. The SMILES string of the molecule is CN1CCN(CC(=O)c2cc(F)ccc2Cl)CC1. The number of rotatable bonds is 3. The predicted molar refractivity (Wildman–Crippen MR) is 69.7 cm³/mol. The maximum Gasteiger partial charge on any atom is 0.178 e. The van der Waals surface area contributed by atoms with E-state index in [0.29, 0.717) is 11.6 Å². The van der Waals surface area contributed by atoms with Gasteiger partial charge in [0, 0.05) is 31.7 Å². The smallest absolute Gasteiger partial charge is 0.178 e. The summed E-state index contributed by atoms with van der Waals surface area (Å²) in [7, 11) is 2.06. The number of nitrogens with zero attached hydrogens (tertiary/aromatic N) is 2. The largest absolute Gasteiger partial charge is 0.304 e. The van der Waals surface area contributed by atoms with Crippen LogP contribution in [0, 0.1) is 5.82 Å². The maximum absolute atomic E-state index is 13.1. The molecule has 18 heavy (non-hydrogen) atoms. The van der Waals surface area contributed by atoms with Crippen molar-refractivity contribution in [3.63, 3.8) is 0 Å². The summed E-state index contributed by atoms with van der Waals surface area (Å²) >= 11 is 5.92. The minimum Gasteiger partial charge on any atom is -0.304 e. The monoisotopic (exact) mass is 270 g/mol. The molecular formula is C13H16ClFN2O. The molecule has 1 aromatic carbocycles. The van der Waals surface area contributed by atoms with Gasteiger partial charge in [-0.25, -0.2) is 4.39 Å². The zero-order chi connectivity index (χ0) is 13.1. The van der Waals surface area contributed by atoms with E-state index in [1.807, 2.05) is 0 Å². The lowest BCUT2D eigenvalue weighted by Crippen LogP contribution is -2.46. The van der Waals surface area contributed by atoms with Crippen LogP contribution in [0.2, 0.25) is 5.02 Å². The Bertz CT molecular complexity index is 445. The number of likely N-dealkylation sites (N-methyl/N-ethyl adjacent to an activating group) is 1. The number of Topliss-reactive ketones (excluding diaryl/α,β-unsaturated/α-hetero) is 1. The van der Waals surface area contributed by atoms with Crippen LogP contribution in [0.25, 0.3) is 0 Å². The quantitative estimate of drug-likeness (QED) is 0.784. The van der Waals surface area contributed by atoms with Crippen LogP contribution < -0.4 is 0 Å². The van der Waals surface area contributed by atoms with E-state index in [9.17, 15) is 9.18 Å². The fourth-order valence-electron chi connectivity index (χ4n) is 2.01. The van der Waals surface area contributed by atoms with Gasteiger partial charge in [0.1, 0.15) is 5.82 Å². The van der Waals surface area contributed by atoms with E-state index in [1.165, 1.54) is 18.2 Å². The highest BCUT2D eigenvalue weighted by Gasteiger charge is 2.19. The van der Waals surface area contributed by atoms with Gasteiger partial charge in [0.05, 0.1) is 11.6 Å². The molecule has 1 fully saturated rings. The Morgan fingerprint density at radius 3 is 2.67 bits per heavy atom. The van der Waals surface area contributed by atoms with E-state index in [1.54, 1.807) is 0 Å². The van der Waals surface area contributed by atoms with Crippen molar-refractivity contribution in [3.05, 3.63) is 34.6 Å². The fraction of sp³-hybridized carbons (Fsp3) is 0.462. The van der Waals surface area contributed by atoms with Crippen LogP contribution >= 0.6 is 11.6 Å². The lowest BCUT2D eigenvalue weighted by atomic mass is 10.1. The minimum atomic E-state index is -0.430. The number of carbonyl (C=O) groups excluding carboxylic acids is 1. The Morgan fingerprint density at radius 1 is 1.33 bits per heavy atom. The minimum absolute atomic E-state index is 0.121. The second-order valence-electron chi connectivity index (χ2n) is 4.63. The average molecular weight is 271 g/mol. The molecule has 1 aromatic rings. The van der Waals surface area contributed by atoms with Gasteiger partial charge >= 0.3 is 0 Å². The van der Waals surface area contributed by atoms with Crippen molar-refractivity contribution in [1.29, 1.82) is 0 Å². The van der Waals surface area contributed by atoms with Gasteiger partial charge in [0.2, 0.25) is 0 Å². The third-order valence-electron chi connectivity index (χ3n) is 3.19. The van der Waals surface area contributed by atoms with E-state index in [-0.39, 0.29) is 11.3 Å². The fourth-order valence-corrected chi connectivity index (χ4v) is 2.23. The van der Waals surface area contributed by atoms with Crippen molar-refractivity contribution in [2.45, 2.75) is 0 Å². The summed E-state index contributed by atoms with van der Waals surface area (Å²) in [6, 6.07) is 3.89. The summed E-state index contributed by atoms with van der Waals surface area (Å²) < 4.78 is 13.1. The predicted octanol–water partition coefficient (Wildman–Crippen LogP) is 1.91.